The molecule has 3 heterocycles. The molecule has 0 bridgehead atoms. The van der Waals surface area contributed by atoms with Crippen molar-refractivity contribution in [2.24, 2.45) is 0 Å². The molecule has 9 nitrogen and oxygen atoms in total. The number of fused-ring (bicyclic) bond motifs is 1. The van der Waals surface area contributed by atoms with Crippen LogP contribution in [0.15, 0.2) is 62.9 Å². The first-order chi connectivity index (χ1) is 14.9. The maximum absolute atomic E-state index is 13.1. The number of halogens is 3. The molecule has 0 saturated carbocycles. The topological polar surface area (TPSA) is 104 Å². The number of hydrogen-bond acceptors (Lipinski definition) is 5. The summed E-state index contributed by atoms with van der Waals surface area (Å²) in [5, 5.41) is 4.59. The van der Waals surface area contributed by atoms with Crippen molar-refractivity contribution in [2.45, 2.75) is 6.54 Å². The standard InChI is InChI=1S/C19H13BrClFN6O3/c20-15-10-14(27(24-15)16-12(21)5-3-8-23-16)17(29)25-28-13-6-2-1-4-11(13)18(30)26(9-7-22)19(28)31/h1-6,8,10H,7,9H2,(H,25,29). The predicted octanol–water partition coefficient (Wildman–Crippen LogP) is 2.51. The maximum Gasteiger partial charge on any atom is 0.350 e. The van der Waals surface area contributed by atoms with Gasteiger partial charge < -0.3 is 0 Å². The molecule has 0 saturated heterocycles. The summed E-state index contributed by atoms with van der Waals surface area (Å²) in [5.41, 5.74) is 1.14. The number of benzene rings is 1. The van der Waals surface area contributed by atoms with E-state index >= 15 is 0 Å². The van der Waals surface area contributed by atoms with Gasteiger partial charge in [0.15, 0.2) is 5.82 Å². The lowest BCUT2D eigenvalue weighted by Crippen LogP contribution is -2.45. The third-order valence-electron chi connectivity index (χ3n) is 4.42. The molecule has 1 aromatic carbocycles. The summed E-state index contributed by atoms with van der Waals surface area (Å²) >= 11 is 9.40. The average molecular weight is 508 g/mol. The number of carbonyl (C=O) groups is 1. The van der Waals surface area contributed by atoms with Gasteiger partial charge >= 0.3 is 5.69 Å². The van der Waals surface area contributed by atoms with Crippen LogP contribution in [0.5, 0.6) is 0 Å². The van der Waals surface area contributed by atoms with Gasteiger partial charge in [0, 0.05) is 12.3 Å². The summed E-state index contributed by atoms with van der Waals surface area (Å²) in [5.74, 6) is -0.516. The Morgan fingerprint density at radius 2 is 1.97 bits per heavy atom. The molecule has 0 fully saturated rings. The van der Waals surface area contributed by atoms with E-state index in [9.17, 15) is 18.8 Å². The van der Waals surface area contributed by atoms with Crippen molar-refractivity contribution in [3.05, 3.63) is 84.8 Å². The molecule has 0 atom stereocenters. The van der Waals surface area contributed by atoms with E-state index in [1.807, 2.05) is 0 Å². The van der Waals surface area contributed by atoms with Crippen LogP contribution in [0.25, 0.3) is 16.7 Å². The minimum absolute atomic E-state index is 0.0201. The Labute approximate surface area is 186 Å². The number of alkyl halides is 1. The highest BCUT2D eigenvalue weighted by molar-refractivity contribution is 9.10. The minimum Gasteiger partial charge on any atom is -0.268 e. The molecule has 0 aliphatic carbocycles. The van der Waals surface area contributed by atoms with E-state index in [4.69, 9.17) is 11.6 Å². The Hall–Kier alpha value is -3.31. The van der Waals surface area contributed by atoms with Gasteiger partial charge in [0.2, 0.25) is 0 Å². The number of aromatic nitrogens is 5. The van der Waals surface area contributed by atoms with E-state index in [0.717, 1.165) is 9.24 Å². The van der Waals surface area contributed by atoms with Crippen LogP contribution in [0.1, 0.15) is 10.5 Å². The highest BCUT2D eigenvalue weighted by Crippen LogP contribution is 2.21. The van der Waals surface area contributed by atoms with E-state index in [0.29, 0.717) is 4.60 Å². The second kappa shape index (κ2) is 8.44. The molecule has 31 heavy (non-hydrogen) atoms. The molecule has 4 rings (SSSR count). The van der Waals surface area contributed by atoms with Crippen LogP contribution in [0.3, 0.4) is 0 Å². The zero-order valence-electron chi connectivity index (χ0n) is 15.6. The molecular weight excluding hydrogens is 495 g/mol. The average Bonchev–Trinajstić information content (AvgIpc) is 3.16. The second-order valence-electron chi connectivity index (χ2n) is 6.29. The van der Waals surface area contributed by atoms with Gasteiger partial charge in [-0.05, 0) is 40.2 Å². The number of para-hydroxylation sites is 1. The van der Waals surface area contributed by atoms with Crippen molar-refractivity contribution < 1.29 is 9.18 Å². The Morgan fingerprint density at radius 1 is 1.19 bits per heavy atom. The fourth-order valence-corrected chi connectivity index (χ4v) is 3.64. The lowest BCUT2D eigenvalue weighted by molar-refractivity contribution is 0.0999. The third-order valence-corrected chi connectivity index (χ3v) is 5.10. The molecule has 3 aromatic heterocycles. The summed E-state index contributed by atoms with van der Waals surface area (Å²) in [7, 11) is 0. The van der Waals surface area contributed by atoms with E-state index in [-0.39, 0.29) is 27.4 Å². The number of amides is 1. The Kier molecular flexibility index (Phi) is 5.70. The Balaban J connectivity index is 1.85. The van der Waals surface area contributed by atoms with Gasteiger partial charge in [-0.25, -0.2) is 23.5 Å². The molecule has 0 aliphatic rings. The molecule has 12 heteroatoms. The van der Waals surface area contributed by atoms with Crippen molar-refractivity contribution in [3.63, 3.8) is 0 Å². The van der Waals surface area contributed by atoms with Crippen molar-refractivity contribution in [3.8, 4) is 5.82 Å². The summed E-state index contributed by atoms with van der Waals surface area (Å²) in [6.07, 6.45) is 1.49. The molecule has 1 amide bonds. The molecule has 0 radical (unpaired) electrons. The first-order valence-corrected chi connectivity index (χ1v) is 10.1. The fourth-order valence-electron chi connectivity index (χ4n) is 3.06. The van der Waals surface area contributed by atoms with Crippen molar-refractivity contribution in [1.29, 1.82) is 0 Å². The van der Waals surface area contributed by atoms with Crippen LogP contribution in [-0.4, -0.2) is 36.6 Å². The highest BCUT2D eigenvalue weighted by atomic mass is 79.9. The second-order valence-corrected chi connectivity index (χ2v) is 7.51. The van der Waals surface area contributed by atoms with Crippen molar-refractivity contribution >= 4 is 44.3 Å². The Bertz CT molecular complexity index is 1430. The van der Waals surface area contributed by atoms with Gasteiger partial charge in [-0.2, -0.15) is 5.10 Å². The molecule has 0 aliphatic heterocycles. The molecule has 1 N–H and O–H groups in total. The summed E-state index contributed by atoms with van der Waals surface area (Å²) in [4.78, 5) is 42.6. The smallest absolute Gasteiger partial charge is 0.268 e. The SMILES string of the molecule is O=C(Nn1c(=O)n(CCF)c(=O)c2ccccc21)c1cc(Br)nn1-c1ncccc1Cl. The minimum atomic E-state index is -0.917. The normalized spacial score (nSPS) is 11.1. The third kappa shape index (κ3) is 3.77. The first-order valence-electron chi connectivity index (χ1n) is 8.90. The number of carbonyl (C=O) groups excluding carboxylic acids is 1. The van der Waals surface area contributed by atoms with Gasteiger partial charge in [-0.1, -0.05) is 23.7 Å². The summed E-state index contributed by atoms with van der Waals surface area (Å²) in [6.45, 7) is -1.36. The lowest BCUT2D eigenvalue weighted by atomic mass is 10.2. The van der Waals surface area contributed by atoms with Crippen molar-refractivity contribution in [1.82, 2.24) is 24.0 Å². The quantitative estimate of drug-likeness (QED) is 0.447. The van der Waals surface area contributed by atoms with Crippen LogP contribution in [0.2, 0.25) is 5.02 Å². The van der Waals surface area contributed by atoms with Crippen LogP contribution >= 0.6 is 27.5 Å². The van der Waals surface area contributed by atoms with Crippen LogP contribution in [0, 0.1) is 0 Å². The fraction of sp³-hybridized carbons (Fsp3) is 0.105. The van der Waals surface area contributed by atoms with Gasteiger partial charge in [0.05, 0.1) is 22.5 Å². The van der Waals surface area contributed by atoms with E-state index in [2.05, 4.69) is 31.4 Å². The van der Waals surface area contributed by atoms with Crippen LogP contribution in [0.4, 0.5) is 4.39 Å². The lowest BCUT2D eigenvalue weighted by Gasteiger charge is -2.14. The molecule has 158 valence electrons. The monoisotopic (exact) mass is 506 g/mol. The van der Waals surface area contributed by atoms with E-state index in [1.165, 1.54) is 29.1 Å². The summed E-state index contributed by atoms with van der Waals surface area (Å²) in [6, 6.07) is 10.8. The largest absolute Gasteiger partial charge is 0.350 e. The van der Waals surface area contributed by atoms with Crippen molar-refractivity contribution in [2.75, 3.05) is 12.1 Å². The van der Waals surface area contributed by atoms with Crippen LogP contribution in [-0.2, 0) is 6.54 Å². The molecular formula is C19H13BrClFN6O3. The van der Waals surface area contributed by atoms with E-state index < -0.39 is 30.4 Å². The predicted molar refractivity (Wildman–Crippen MR) is 116 cm³/mol. The van der Waals surface area contributed by atoms with Gasteiger partial charge in [-0.15, -0.1) is 0 Å². The van der Waals surface area contributed by atoms with E-state index in [1.54, 1.807) is 24.3 Å². The summed E-state index contributed by atoms with van der Waals surface area (Å²) < 4.78 is 16.1. The molecule has 4 aromatic rings. The number of hydrogen-bond donors (Lipinski definition) is 1. The maximum atomic E-state index is 13.1. The molecule has 0 unspecified atom stereocenters. The van der Waals surface area contributed by atoms with Gasteiger partial charge in [0.1, 0.15) is 17.0 Å². The van der Waals surface area contributed by atoms with Crippen LogP contribution < -0.4 is 16.7 Å². The molecule has 0 spiro atoms. The number of nitrogens with zero attached hydrogens (tertiary/aromatic N) is 5. The zero-order valence-corrected chi connectivity index (χ0v) is 18.0. The first kappa shape index (κ1) is 20.9. The van der Waals surface area contributed by atoms with Gasteiger partial charge in [0.25, 0.3) is 11.5 Å². The number of pyridine rings is 1. The number of nitrogens with one attached hydrogen (secondary N) is 1. The highest BCUT2D eigenvalue weighted by Gasteiger charge is 2.21. The number of rotatable bonds is 5. The zero-order chi connectivity index (χ0) is 22.1. The Morgan fingerprint density at radius 3 is 2.71 bits per heavy atom. The van der Waals surface area contributed by atoms with Gasteiger partial charge in [-0.3, -0.25) is 19.6 Å².